The van der Waals surface area contributed by atoms with Gasteiger partial charge in [-0.15, -0.1) is 0 Å². The van der Waals surface area contributed by atoms with Crippen molar-refractivity contribution in [2.75, 3.05) is 19.8 Å². The minimum Gasteiger partial charge on any atom is -0.464 e. The smallest absolute Gasteiger partial charge is 0.410 e. The Morgan fingerprint density at radius 1 is 0.972 bits per heavy atom. The summed E-state index contributed by atoms with van der Waals surface area (Å²) in [6, 6.07) is 16.8. The summed E-state index contributed by atoms with van der Waals surface area (Å²) in [6.45, 7) is 3.02. The number of carbonyl (C=O) groups excluding carboxylic acids is 2. The highest BCUT2D eigenvalue weighted by atomic mass is 16.6. The van der Waals surface area contributed by atoms with Crippen LogP contribution in [0.3, 0.4) is 0 Å². The zero-order chi connectivity index (χ0) is 25.2. The van der Waals surface area contributed by atoms with Crippen LogP contribution < -0.4 is 0 Å². The van der Waals surface area contributed by atoms with Crippen molar-refractivity contribution in [3.8, 4) is 11.1 Å². The molecule has 1 aliphatic carbocycles. The van der Waals surface area contributed by atoms with Crippen molar-refractivity contribution < 1.29 is 19.1 Å². The van der Waals surface area contributed by atoms with Gasteiger partial charge in [-0.25, -0.2) is 4.79 Å². The molecule has 0 fully saturated rings. The lowest BCUT2D eigenvalue weighted by atomic mass is 9.98. The number of benzene rings is 2. The monoisotopic (exact) mass is 489 g/mol. The van der Waals surface area contributed by atoms with Crippen molar-refractivity contribution >= 4 is 12.1 Å². The lowest BCUT2D eigenvalue weighted by Gasteiger charge is -2.31. The van der Waals surface area contributed by atoms with Crippen LogP contribution in [0.25, 0.3) is 11.1 Å². The third-order valence-electron chi connectivity index (χ3n) is 7.30. The fraction of sp³-hybridized carbons (Fsp3) is 0.484. The first-order valence-electron chi connectivity index (χ1n) is 13.6. The van der Waals surface area contributed by atoms with Crippen molar-refractivity contribution in [1.82, 2.24) is 4.90 Å². The van der Waals surface area contributed by atoms with Gasteiger partial charge in [-0.3, -0.25) is 4.79 Å². The van der Waals surface area contributed by atoms with Gasteiger partial charge in [-0.1, -0.05) is 80.4 Å². The van der Waals surface area contributed by atoms with Gasteiger partial charge in [0.15, 0.2) is 0 Å². The highest BCUT2D eigenvalue weighted by Gasteiger charge is 2.31. The molecule has 5 nitrogen and oxygen atoms in total. The van der Waals surface area contributed by atoms with Gasteiger partial charge in [0.05, 0.1) is 6.54 Å². The van der Waals surface area contributed by atoms with E-state index in [-0.39, 0.29) is 30.6 Å². The first-order valence-corrected chi connectivity index (χ1v) is 13.6. The second-order valence-corrected chi connectivity index (χ2v) is 9.81. The van der Waals surface area contributed by atoms with Crippen LogP contribution in [0.1, 0.15) is 81.8 Å². The molecular formula is C31H39NO4. The van der Waals surface area contributed by atoms with E-state index < -0.39 is 0 Å². The first kappa shape index (κ1) is 26.0. The third kappa shape index (κ3) is 6.57. The second kappa shape index (κ2) is 13.3. The molecule has 2 aliphatic rings. The summed E-state index contributed by atoms with van der Waals surface area (Å²) < 4.78 is 11.5. The first-order chi connectivity index (χ1) is 17.7. The molecule has 0 spiro atoms. The molecule has 192 valence electrons. The Hall–Kier alpha value is -3.08. The van der Waals surface area contributed by atoms with Gasteiger partial charge >= 0.3 is 12.1 Å². The Balaban J connectivity index is 1.47. The maximum atomic E-state index is 13.5. The fourth-order valence-electron chi connectivity index (χ4n) is 5.46. The summed E-state index contributed by atoms with van der Waals surface area (Å²) in [5, 5.41) is 0. The van der Waals surface area contributed by atoms with Gasteiger partial charge in [0.25, 0.3) is 0 Å². The maximum absolute atomic E-state index is 13.5. The summed E-state index contributed by atoms with van der Waals surface area (Å²) in [7, 11) is 0. The number of carbonyl (C=O) groups is 2. The van der Waals surface area contributed by atoms with Crippen LogP contribution in [0.15, 0.2) is 60.7 Å². The molecule has 1 amide bonds. The molecule has 4 rings (SSSR count). The molecule has 0 bridgehead atoms. The van der Waals surface area contributed by atoms with Gasteiger partial charge in [-0.2, -0.15) is 0 Å². The average molecular weight is 490 g/mol. The van der Waals surface area contributed by atoms with Gasteiger partial charge in [0.1, 0.15) is 13.2 Å². The van der Waals surface area contributed by atoms with Crippen molar-refractivity contribution in [3.63, 3.8) is 0 Å². The van der Waals surface area contributed by atoms with Crippen LogP contribution in [0.5, 0.6) is 0 Å². The summed E-state index contributed by atoms with van der Waals surface area (Å²) >= 11 is 0. The van der Waals surface area contributed by atoms with Gasteiger partial charge < -0.3 is 14.4 Å². The molecule has 0 saturated heterocycles. The molecule has 5 heteroatoms. The van der Waals surface area contributed by atoms with Crippen LogP contribution in [0.4, 0.5) is 4.79 Å². The van der Waals surface area contributed by atoms with Crippen molar-refractivity contribution in [2.24, 2.45) is 0 Å². The van der Waals surface area contributed by atoms with E-state index in [1.807, 2.05) is 17.0 Å². The SMILES string of the molecule is CCCC1CCCC/C=C/CCCC(=O)OCCN1C(=O)OCC1c2ccccc2-c2ccccc21. The predicted octanol–water partition coefficient (Wildman–Crippen LogP) is 7.25. The van der Waals surface area contributed by atoms with Crippen LogP contribution in [0.2, 0.25) is 0 Å². The largest absolute Gasteiger partial charge is 0.464 e. The number of fused-ring (bicyclic) bond motifs is 3. The summed E-state index contributed by atoms with van der Waals surface area (Å²) in [4.78, 5) is 27.5. The number of amides is 1. The number of hydrogen-bond acceptors (Lipinski definition) is 4. The molecule has 1 atom stereocenters. The Labute approximate surface area is 215 Å². The Kier molecular flexibility index (Phi) is 9.60. The third-order valence-corrected chi connectivity index (χ3v) is 7.30. The number of esters is 1. The minimum atomic E-state index is -0.310. The lowest BCUT2D eigenvalue weighted by molar-refractivity contribution is -0.144. The number of allylic oxidation sites excluding steroid dienone is 2. The molecule has 1 aliphatic heterocycles. The quantitative estimate of drug-likeness (QED) is 0.335. The molecular weight excluding hydrogens is 450 g/mol. The summed E-state index contributed by atoms with van der Waals surface area (Å²) in [5.41, 5.74) is 4.84. The zero-order valence-corrected chi connectivity index (χ0v) is 21.5. The number of nitrogens with zero attached hydrogens (tertiary/aromatic N) is 1. The van der Waals surface area contributed by atoms with Gasteiger partial charge in [0, 0.05) is 18.4 Å². The molecule has 1 unspecified atom stereocenters. The number of cyclic esters (lactones) is 1. The lowest BCUT2D eigenvalue weighted by Crippen LogP contribution is -2.43. The molecule has 0 saturated carbocycles. The highest BCUT2D eigenvalue weighted by Crippen LogP contribution is 2.44. The van der Waals surface area contributed by atoms with E-state index >= 15 is 0 Å². The van der Waals surface area contributed by atoms with E-state index in [9.17, 15) is 9.59 Å². The van der Waals surface area contributed by atoms with E-state index in [0.29, 0.717) is 19.6 Å². The number of hydrogen-bond donors (Lipinski definition) is 0. The molecule has 0 aromatic heterocycles. The van der Waals surface area contributed by atoms with Crippen molar-refractivity contribution in [1.29, 1.82) is 0 Å². The number of rotatable bonds is 4. The number of ether oxygens (including phenoxy) is 2. The molecule has 2 aromatic carbocycles. The van der Waals surface area contributed by atoms with Crippen molar-refractivity contribution in [3.05, 3.63) is 71.8 Å². The standard InChI is InChI=1S/C31H39NO4/c1-2-14-24-15-8-6-4-3-5-7-9-20-30(33)35-22-21-32(24)31(34)36-23-29-27-18-12-10-16-25(27)26-17-11-13-19-28(26)29/h3,5,10-13,16-19,24,29H,2,4,6-9,14-15,20-23H2,1H3/b5-3+. The van der Waals surface area contributed by atoms with Crippen LogP contribution in [-0.2, 0) is 14.3 Å². The van der Waals surface area contributed by atoms with Crippen LogP contribution >= 0.6 is 0 Å². The second-order valence-electron chi connectivity index (χ2n) is 9.81. The molecule has 0 N–H and O–H groups in total. The average Bonchev–Trinajstić information content (AvgIpc) is 3.21. The molecule has 36 heavy (non-hydrogen) atoms. The van der Waals surface area contributed by atoms with E-state index in [4.69, 9.17) is 9.47 Å². The van der Waals surface area contributed by atoms with Gasteiger partial charge in [0.2, 0.25) is 0 Å². The Morgan fingerprint density at radius 2 is 1.64 bits per heavy atom. The van der Waals surface area contributed by atoms with E-state index in [1.165, 1.54) is 22.3 Å². The normalized spacial score (nSPS) is 20.4. The predicted molar refractivity (Wildman–Crippen MR) is 143 cm³/mol. The Bertz CT molecular complexity index is 1000. The van der Waals surface area contributed by atoms with Crippen molar-refractivity contribution in [2.45, 2.75) is 76.7 Å². The molecule has 0 radical (unpaired) electrons. The fourth-order valence-corrected chi connectivity index (χ4v) is 5.46. The van der Waals surface area contributed by atoms with Crippen LogP contribution in [-0.4, -0.2) is 42.8 Å². The van der Waals surface area contributed by atoms with Crippen LogP contribution in [0, 0.1) is 0 Å². The zero-order valence-electron chi connectivity index (χ0n) is 21.5. The van der Waals surface area contributed by atoms with E-state index in [2.05, 4.69) is 55.5 Å². The maximum Gasteiger partial charge on any atom is 0.410 e. The summed E-state index contributed by atoms with van der Waals surface area (Å²) in [6.07, 6.45) is 12.2. The van der Waals surface area contributed by atoms with E-state index in [1.54, 1.807) is 0 Å². The highest BCUT2D eigenvalue weighted by molar-refractivity contribution is 5.79. The topological polar surface area (TPSA) is 55.8 Å². The summed E-state index contributed by atoms with van der Waals surface area (Å²) in [5.74, 6) is -0.170. The Morgan fingerprint density at radius 3 is 2.33 bits per heavy atom. The molecule has 1 heterocycles. The minimum absolute atomic E-state index is 0.0269. The van der Waals surface area contributed by atoms with E-state index in [0.717, 1.165) is 51.4 Å². The van der Waals surface area contributed by atoms with Gasteiger partial charge in [-0.05, 0) is 60.8 Å². The molecule has 2 aromatic rings.